The maximum absolute atomic E-state index is 12.3. The quantitative estimate of drug-likeness (QED) is 0.687. The molecule has 3 aromatic rings. The number of hydrogen-bond donors (Lipinski definition) is 1. The van der Waals surface area contributed by atoms with Crippen molar-refractivity contribution < 1.29 is 0 Å². The lowest BCUT2D eigenvalue weighted by Crippen LogP contribution is -2.12. The minimum absolute atomic E-state index is 0.0858. The first-order valence-electron chi connectivity index (χ1n) is 7.19. The Kier molecular flexibility index (Phi) is 4.44. The Morgan fingerprint density at radius 2 is 1.62 bits per heavy atom. The van der Waals surface area contributed by atoms with Crippen molar-refractivity contribution in [3.63, 3.8) is 0 Å². The average Bonchev–Trinajstić information content (AvgIpc) is 2.57. The molecule has 0 aliphatic rings. The van der Waals surface area contributed by atoms with E-state index in [-0.39, 0.29) is 5.56 Å². The molecule has 0 radical (unpaired) electrons. The van der Waals surface area contributed by atoms with E-state index in [1.807, 2.05) is 37.3 Å². The third-order valence-corrected chi connectivity index (χ3v) is 4.48. The second-order valence-electron chi connectivity index (χ2n) is 5.41. The van der Waals surface area contributed by atoms with Crippen molar-refractivity contribution in [1.82, 2.24) is 4.98 Å². The first-order valence-corrected chi connectivity index (χ1v) is 7.95. The van der Waals surface area contributed by atoms with Gasteiger partial charge in [0.25, 0.3) is 5.56 Å². The van der Waals surface area contributed by atoms with Gasteiger partial charge in [-0.1, -0.05) is 59.1 Å². The topological polar surface area (TPSA) is 56.6 Å². The molecule has 0 unspecified atom stereocenters. The number of benzene rings is 2. The summed E-state index contributed by atoms with van der Waals surface area (Å²) in [7, 11) is 0. The van der Waals surface area contributed by atoms with Crippen molar-refractivity contribution >= 4 is 23.2 Å². The number of rotatable bonds is 2. The number of nitrogens with one attached hydrogen (secondary N) is 1. The number of nitrogens with zero attached hydrogens (tertiary/aromatic N) is 1. The zero-order valence-electron chi connectivity index (χ0n) is 12.7. The number of aryl methyl sites for hydroxylation is 1. The maximum Gasteiger partial charge on any atom is 0.266 e. The van der Waals surface area contributed by atoms with Crippen LogP contribution >= 0.6 is 23.2 Å². The van der Waals surface area contributed by atoms with E-state index < -0.39 is 5.56 Å². The molecule has 0 bridgehead atoms. The van der Waals surface area contributed by atoms with Crippen molar-refractivity contribution in [2.24, 2.45) is 0 Å². The highest BCUT2D eigenvalue weighted by Crippen LogP contribution is 2.30. The molecule has 0 saturated carbocycles. The smallest absolute Gasteiger partial charge is 0.266 e. The van der Waals surface area contributed by atoms with E-state index >= 15 is 0 Å². The fourth-order valence-electron chi connectivity index (χ4n) is 2.45. The van der Waals surface area contributed by atoms with Crippen LogP contribution in [0.5, 0.6) is 0 Å². The maximum atomic E-state index is 12.3. The van der Waals surface area contributed by atoms with E-state index in [4.69, 9.17) is 23.2 Å². The molecule has 24 heavy (non-hydrogen) atoms. The van der Waals surface area contributed by atoms with Crippen LogP contribution in [0.15, 0.2) is 53.3 Å². The summed E-state index contributed by atoms with van der Waals surface area (Å²) in [6, 6.07) is 16.6. The third-order valence-electron chi connectivity index (χ3n) is 3.74. The number of hydrogen-bond acceptors (Lipinski definition) is 2. The lowest BCUT2D eigenvalue weighted by molar-refractivity contribution is 1.22. The Balaban J connectivity index is 2.23. The van der Waals surface area contributed by atoms with Gasteiger partial charge in [-0.2, -0.15) is 5.26 Å². The van der Waals surface area contributed by atoms with E-state index in [0.717, 1.165) is 16.7 Å². The van der Waals surface area contributed by atoms with Gasteiger partial charge in [0.15, 0.2) is 0 Å². The summed E-state index contributed by atoms with van der Waals surface area (Å²) in [6.45, 7) is 1.98. The molecule has 0 amide bonds. The molecule has 1 heterocycles. The number of H-pyrrole nitrogens is 1. The number of halogens is 2. The van der Waals surface area contributed by atoms with E-state index in [2.05, 4.69) is 4.98 Å². The summed E-state index contributed by atoms with van der Waals surface area (Å²) in [5.41, 5.74) is 3.45. The van der Waals surface area contributed by atoms with Crippen molar-refractivity contribution in [2.45, 2.75) is 6.92 Å². The van der Waals surface area contributed by atoms with E-state index in [9.17, 15) is 10.1 Å². The normalized spacial score (nSPS) is 10.4. The van der Waals surface area contributed by atoms with Gasteiger partial charge in [0.1, 0.15) is 11.6 Å². The summed E-state index contributed by atoms with van der Waals surface area (Å²) >= 11 is 12.0. The summed E-state index contributed by atoms with van der Waals surface area (Å²) in [5.74, 6) is 0. The molecule has 0 aliphatic carbocycles. The monoisotopic (exact) mass is 354 g/mol. The Bertz CT molecular complexity index is 1020. The summed E-state index contributed by atoms with van der Waals surface area (Å²) in [4.78, 5) is 15.1. The molecule has 3 rings (SSSR count). The third kappa shape index (κ3) is 3.07. The van der Waals surface area contributed by atoms with Crippen LogP contribution in [0.3, 0.4) is 0 Å². The Morgan fingerprint density at radius 1 is 0.958 bits per heavy atom. The zero-order chi connectivity index (χ0) is 17.3. The van der Waals surface area contributed by atoms with Crippen LogP contribution in [0.1, 0.15) is 11.1 Å². The van der Waals surface area contributed by atoms with E-state index in [1.54, 1.807) is 24.3 Å². The van der Waals surface area contributed by atoms with Gasteiger partial charge in [0.2, 0.25) is 0 Å². The van der Waals surface area contributed by atoms with Gasteiger partial charge in [-0.05, 0) is 36.2 Å². The summed E-state index contributed by atoms with van der Waals surface area (Å²) in [6.07, 6.45) is 0. The molecule has 0 saturated heterocycles. The highest BCUT2D eigenvalue weighted by Gasteiger charge is 2.13. The van der Waals surface area contributed by atoms with Crippen LogP contribution in [0.2, 0.25) is 10.0 Å². The Morgan fingerprint density at radius 3 is 2.25 bits per heavy atom. The largest absolute Gasteiger partial charge is 0.321 e. The van der Waals surface area contributed by atoms with Crippen molar-refractivity contribution in [3.05, 3.63) is 80.1 Å². The first-order chi connectivity index (χ1) is 11.5. The predicted octanol–water partition coefficient (Wildman–Crippen LogP) is 5.20. The molecule has 0 atom stereocenters. The van der Waals surface area contributed by atoms with Gasteiger partial charge in [-0.3, -0.25) is 4.79 Å². The van der Waals surface area contributed by atoms with Crippen LogP contribution in [-0.4, -0.2) is 4.98 Å². The van der Waals surface area contributed by atoms with Crippen LogP contribution < -0.4 is 5.56 Å². The van der Waals surface area contributed by atoms with Crippen molar-refractivity contribution in [3.8, 4) is 28.5 Å². The number of pyridine rings is 1. The molecular weight excluding hydrogens is 343 g/mol. The van der Waals surface area contributed by atoms with Crippen molar-refractivity contribution in [1.29, 1.82) is 5.26 Å². The van der Waals surface area contributed by atoms with Gasteiger partial charge in [0.05, 0.1) is 10.0 Å². The molecule has 1 N–H and O–H groups in total. The minimum Gasteiger partial charge on any atom is -0.321 e. The molecular formula is C19H12Cl2N2O. The van der Waals surface area contributed by atoms with Gasteiger partial charge in [0, 0.05) is 11.3 Å². The minimum atomic E-state index is -0.434. The highest BCUT2D eigenvalue weighted by atomic mass is 35.5. The van der Waals surface area contributed by atoms with Crippen molar-refractivity contribution in [2.75, 3.05) is 0 Å². The molecule has 2 aromatic carbocycles. The zero-order valence-corrected chi connectivity index (χ0v) is 14.2. The fraction of sp³-hybridized carbons (Fsp3) is 0.0526. The molecule has 0 aliphatic heterocycles. The second-order valence-corrected chi connectivity index (χ2v) is 6.22. The van der Waals surface area contributed by atoms with Crippen LogP contribution in [0, 0.1) is 18.3 Å². The average molecular weight is 355 g/mol. The molecule has 1 aromatic heterocycles. The number of aromatic nitrogens is 1. The fourth-order valence-corrected chi connectivity index (χ4v) is 2.75. The molecule has 3 nitrogen and oxygen atoms in total. The van der Waals surface area contributed by atoms with E-state index in [1.165, 1.54) is 0 Å². The van der Waals surface area contributed by atoms with Crippen LogP contribution in [0.25, 0.3) is 22.4 Å². The van der Waals surface area contributed by atoms with Crippen LogP contribution in [-0.2, 0) is 0 Å². The number of nitriles is 1. The summed E-state index contributed by atoms with van der Waals surface area (Å²) in [5, 5.41) is 10.2. The molecule has 118 valence electrons. The lowest BCUT2D eigenvalue weighted by Gasteiger charge is -2.09. The number of aromatic amines is 1. The van der Waals surface area contributed by atoms with Gasteiger partial charge >= 0.3 is 0 Å². The first kappa shape index (κ1) is 16.3. The van der Waals surface area contributed by atoms with Gasteiger partial charge < -0.3 is 4.98 Å². The highest BCUT2D eigenvalue weighted by molar-refractivity contribution is 6.42. The summed E-state index contributed by atoms with van der Waals surface area (Å²) < 4.78 is 0. The Hall–Kier alpha value is -2.54. The van der Waals surface area contributed by atoms with Gasteiger partial charge in [-0.25, -0.2) is 0 Å². The molecule has 0 spiro atoms. The second kappa shape index (κ2) is 6.52. The SMILES string of the molecule is Cc1ccc(-c2cc(-c3ccc(Cl)c(Cl)c3)[nH]c(=O)c2C#N)cc1. The van der Waals surface area contributed by atoms with E-state index in [0.29, 0.717) is 21.3 Å². The lowest BCUT2D eigenvalue weighted by atomic mass is 9.98. The predicted molar refractivity (Wildman–Crippen MR) is 97.4 cm³/mol. The van der Waals surface area contributed by atoms with Crippen LogP contribution in [0.4, 0.5) is 0 Å². The Labute approximate surface area is 149 Å². The molecule has 0 fully saturated rings. The van der Waals surface area contributed by atoms with Gasteiger partial charge in [-0.15, -0.1) is 0 Å². The standard InChI is InChI=1S/C19H12Cl2N2O/c1-11-2-4-12(5-3-11)14-9-18(23-19(24)15(14)10-22)13-6-7-16(20)17(21)8-13/h2-9H,1H3,(H,23,24). The molecule has 5 heteroatoms.